The molecule has 4 atom stereocenters. The summed E-state index contributed by atoms with van der Waals surface area (Å²) in [5.74, 6) is -0.577. The first-order valence-corrected chi connectivity index (χ1v) is 19.1. The monoisotopic (exact) mass is 777 g/mol. The second kappa shape index (κ2) is 19.7. The number of rotatable bonds is 16. The molecule has 4 unspecified atom stereocenters. The topological polar surface area (TPSA) is 148 Å². The number of aliphatic hydroxyl groups is 1. The van der Waals surface area contributed by atoms with Crippen LogP contribution in [0.15, 0.2) is 72.8 Å². The van der Waals surface area contributed by atoms with Crippen molar-refractivity contribution in [3.63, 3.8) is 0 Å². The van der Waals surface area contributed by atoms with Gasteiger partial charge in [-0.1, -0.05) is 101 Å². The fourth-order valence-corrected chi connectivity index (χ4v) is 6.81. The van der Waals surface area contributed by atoms with Crippen molar-refractivity contribution in [2.75, 3.05) is 33.3 Å². The van der Waals surface area contributed by atoms with Crippen molar-refractivity contribution < 1.29 is 29.0 Å². The van der Waals surface area contributed by atoms with E-state index in [0.29, 0.717) is 31.1 Å². The quantitative estimate of drug-likeness (QED) is 0.150. The first-order chi connectivity index (χ1) is 26.1. The number of urea groups is 2. The van der Waals surface area contributed by atoms with Crippen LogP contribution in [0, 0.1) is 18.3 Å². The number of carbonyl (C=O) groups is 4. The number of aliphatic hydroxyl groups excluding tert-OH is 1. The molecule has 1 saturated heterocycles. The van der Waals surface area contributed by atoms with Gasteiger partial charge in [-0.25, -0.2) is 24.3 Å². The van der Waals surface area contributed by atoms with Gasteiger partial charge in [0, 0.05) is 43.4 Å². The molecule has 2 heterocycles. The Hall–Kier alpha value is -4.72. The van der Waals surface area contributed by atoms with Crippen molar-refractivity contribution in [3.05, 3.63) is 100 Å². The molecule has 0 spiro atoms. The summed E-state index contributed by atoms with van der Waals surface area (Å²) in [6.45, 7) is 12.7. The van der Waals surface area contributed by atoms with Crippen LogP contribution in [0.25, 0.3) is 0 Å². The number of aryl methyl sites for hydroxylation is 1. The van der Waals surface area contributed by atoms with E-state index in [9.17, 15) is 24.3 Å². The summed E-state index contributed by atoms with van der Waals surface area (Å²) in [7, 11) is 1.21. The van der Waals surface area contributed by atoms with Gasteiger partial charge in [0.1, 0.15) is 6.04 Å². The maximum Gasteiger partial charge on any atom is 0.417 e. The molecule has 3 aromatic rings. The number of aromatic nitrogens is 1. The molecule has 2 aromatic carbocycles. The minimum Gasteiger partial charge on any atom is -0.452 e. The summed E-state index contributed by atoms with van der Waals surface area (Å²) in [4.78, 5) is 63.5. The van der Waals surface area contributed by atoms with Gasteiger partial charge in [0.25, 0.3) is 0 Å². The fourth-order valence-electron chi connectivity index (χ4n) is 6.60. The van der Waals surface area contributed by atoms with Crippen LogP contribution in [0.3, 0.4) is 0 Å². The lowest BCUT2D eigenvalue weighted by Gasteiger charge is -2.35. The van der Waals surface area contributed by atoms with Crippen LogP contribution in [0.4, 0.5) is 14.4 Å². The molecule has 3 N–H and O–H groups in total. The second-order valence-electron chi connectivity index (χ2n) is 15.4. The summed E-state index contributed by atoms with van der Waals surface area (Å²) < 4.78 is 4.93. The minimum absolute atomic E-state index is 0.0664. The predicted molar refractivity (Wildman–Crippen MR) is 212 cm³/mol. The van der Waals surface area contributed by atoms with E-state index in [2.05, 4.69) is 15.7 Å². The zero-order valence-corrected chi connectivity index (χ0v) is 33.8. The van der Waals surface area contributed by atoms with E-state index in [0.717, 1.165) is 27.4 Å². The molecule has 6 amide bonds. The average molecular weight is 778 g/mol. The largest absolute Gasteiger partial charge is 0.452 e. The van der Waals surface area contributed by atoms with Crippen LogP contribution in [0.2, 0.25) is 5.02 Å². The van der Waals surface area contributed by atoms with E-state index in [4.69, 9.17) is 16.3 Å². The number of amides is 6. The summed E-state index contributed by atoms with van der Waals surface area (Å²) >= 11 is 6.30. The maximum atomic E-state index is 14.4. The smallest absolute Gasteiger partial charge is 0.417 e. The number of nitrogens with zero attached hydrogens (tertiary/aromatic N) is 5. The highest BCUT2D eigenvalue weighted by molar-refractivity contribution is 6.30. The van der Waals surface area contributed by atoms with E-state index in [1.165, 1.54) is 12.1 Å². The molecule has 0 aliphatic carbocycles. The van der Waals surface area contributed by atoms with E-state index < -0.39 is 35.7 Å². The Labute approximate surface area is 329 Å². The normalized spacial score (nSPS) is 15.3. The molecule has 0 bridgehead atoms. The molecular formula is C41H56ClN7O6. The molecule has 1 fully saturated rings. The van der Waals surface area contributed by atoms with Crippen molar-refractivity contribution in [2.24, 2.45) is 11.3 Å². The number of ether oxygens (including phenoxy) is 1. The number of hydrogen-bond acceptors (Lipinski definition) is 8. The van der Waals surface area contributed by atoms with Crippen molar-refractivity contribution in [2.45, 2.75) is 85.7 Å². The number of hydrazine groups is 1. The van der Waals surface area contributed by atoms with Gasteiger partial charge in [-0.3, -0.25) is 15.2 Å². The van der Waals surface area contributed by atoms with E-state index in [-0.39, 0.29) is 43.9 Å². The number of methoxy groups -OCH3 is 1. The number of hydrogen-bond donors (Lipinski definition) is 3. The van der Waals surface area contributed by atoms with Crippen molar-refractivity contribution in [3.8, 4) is 0 Å². The minimum atomic E-state index is -1.23. The Kier molecular flexibility index (Phi) is 15.4. The lowest BCUT2D eigenvalue weighted by molar-refractivity contribution is -0.128. The Morgan fingerprint density at radius 3 is 2.35 bits per heavy atom. The number of benzene rings is 2. The molecule has 1 aliphatic rings. The number of pyridine rings is 1. The Morgan fingerprint density at radius 2 is 1.71 bits per heavy atom. The molecule has 55 heavy (non-hydrogen) atoms. The molecule has 0 saturated carbocycles. The van der Waals surface area contributed by atoms with Crippen molar-refractivity contribution >= 4 is 35.7 Å². The van der Waals surface area contributed by atoms with Crippen LogP contribution in [-0.4, -0.2) is 105 Å². The maximum absolute atomic E-state index is 14.4. The van der Waals surface area contributed by atoms with Crippen LogP contribution >= 0.6 is 11.6 Å². The zero-order chi connectivity index (χ0) is 40.3. The van der Waals surface area contributed by atoms with Gasteiger partial charge in [-0.05, 0) is 60.1 Å². The third-order valence-electron chi connectivity index (χ3n) is 9.50. The van der Waals surface area contributed by atoms with E-state index in [1.54, 1.807) is 28.0 Å². The molecule has 1 aromatic heterocycles. The summed E-state index contributed by atoms with van der Waals surface area (Å²) in [6.07, 6.45) is -1.16. The number of nitrogens with one attached hydrogen (secondary N) is 2. The van der Waals surface area contributed by atoms with Gasteiger partial charge in [-0.2, -0.15) is 0 Å². The van der Waals surface area contributed by atoms with Gasteiger partial charge in [0.15, 0.2) is 0 Å². The lowest BCUT2D eigenvalue weighted by Crippen LogP contribution is -2.59. The SMILES string of the molecule is CCC(C)C(C(=O)NC(Cc1ccccc1)C(O)CN(Cc1cccc(Cl)c1)NC(=O)N(CC(C)(C)C)C(=O)OC)N1CCN(Cc2cccc(C)n2)C1=O. The van der Waals surface area contributed by atoms with Crippen LogP contribution in [0.5, 0.6) is 0 Å². The van der Waals surface area contributed by atoms with Gasteiger partial charge in [-0.15, -0.1) is 0 Å². The molecule has 1 aliphatic heterocycles. The molecular weight excluding hydrogens is 722 g/mol. The van der Waals surface area contributed by atoms with Crippen molar-refractivity contribution in [1.29, 1.82) is 0 Å². The Balaban J connectivity index is 1.61. The highest BCUT2D eigenvalue weighted by Crippen LogP contribution is 2.23. The highest BCUT2D eigenvalue weighted by atomic mass is 35.5. The van der Waals surface area contributed by atoms with Crippen molar-refractivity contribution in [1.82, 2.24) is 35.4 Å². The summed E-state index contributed by atoms with van der Waals surface area (Å²) in [5, 5.41) is 17.1. The fraction of sp³-hybridized carbons (Fsp3) is 0.488. The van der Waals surface area contributed by atoms with Gasteiger partial charge in [0.2, 0.25) is 5.91 Å². The number of carbonyl (C=O) groups excluding carboxylic acids is 4. The zero-order valence-electron chi connectivity index (χ0n) is 33.0. The summed E-state index contributed by atoms with van der Waals surface area (Å²) in [5.41, 5.74) is 5.59. The third kappa shape index (κ3) is 12.7. The average Bonchev–Trinajstić information content (AvgIpc) is 3.48. The first-order valence-electron chi connectivity index (χ1n) is 18.7. The molecule has 0 radical (unpaired) electrons. The standard InChI is InChI=1S/C41H56ClN7O6/c1-8-28(2)36(48-21-20-46(39(48)53)25-33-19-12-14-29(3)43-33)37(51)44-34(23-30-15-10-9-11-16-30)35(50)26-47(24-31-17-13-18-32(42)22-31)45-38(52)49(40(54)55-7)27-41(4,5)6/h9-19,22,28,34-36,50H,8,20-21,23-27H2,1-7H3,(H,44,51)(H,45,52). The highest BCUT2D eigenvalue weighted by Gasteiger charge is 2.41. The van der Waals surface area contributed by atoms with Gasteiger partial charge in [0.05, 0.1) is 31.5 Å². The number of imide groups is 1. The van der Waals surface area contributed by atoms with Crippen LogP contribution < -0.4 is 10.7 Å². The lowest BCUT2D eigenvalue weighted by atomic mass is 9.95. The molecule has 298 valence electrons. The molecule has 13 nitrogen and oxygen atoms in total. The van der Waals surface area contributed by atoms with Crippen LogP contribution in [0.1, 0.15) is 63.6 Å². The third-order valence-corrected chi connectivity index (χ3v) is 9.74. The second-order valence-corrected chi connectivity index (χ2v) is 15.9. The summed E-state index contributed by atoms with van der Waals surface area (Å²) in [6, 6.07) is 19.6. The Morgan fingerprint density at radius 1 is 1.02 bits per heavy atom. The molecule has 4 rings (SSSR count). The van der Waals surface area contributed by atoms with Crippen LogP contribution in [-0.2, 0) is 29.0 Å². The predicted octanol–water partition coefficient (Wildman–Crippen LogP) is 6.03. The van der Waals surface area contributed by atoms with E-state index >= 15 is 0 Å². The Bertz CT molecular complexity index is 1760. The molecule has 14 heteroatoms. The number of halogens is 1. The van der Waals surface area contributed by atoms with E-state index in [1.807, 2.05) is 96.1 Å². The van der Waals surface area contributed by atoms with Gasteiger partial charge >= 0.3 is 18.2 Å². The first kappa shape index (κ1) is 43.0. The van der Waals surface area contributed by atoms with Gasteiger partial charge < -0.3 is 25.0 Å².